The van der Waals surface area contributed by atoms with Gasteiger partial charge < -0.3 is 5.73 Å². The summed E-state index contributed by atoms with van der Waals surface area (Å²) in [5, 5.41) is 8.89. The fourth-order valence-corrected chi connectivity index (χ4v) is 2.10. The molecule has 2 rings (SSSR count). The zero-order valence-corrected chi connectivity index (χ0v) is 12.0. The fourth-order valence-electron chi connectivity index (χ4n) is 1.86. The number of rotatable bonds is 2. The number of nitrogens with zero attached hydrogens (tertiary/aromatic N) is 4. The Kier molecular flexibility index (Phi) is 2.99. The quantitative estimate of drug-likeness (QED) is 0.925. The van der Waals surface area contributed by atoms with E-state index in [1.54, 1.807) is 0 Å². The smallest absolute Gasteiger partial charge is 0.175 e. The third-order valence-electron chi connectivity index (χ3n) is 2.85. The van der Waals surface area contributed by atoms with Gasteiger partial charge in [-0.25, -0.2) is 9.36 Å². The summed E-state index contributed by atoms with van der Waals surface area (Å²) in [6.45, 7) is 8.68. The van der Waals surface area contributed by atoms with Gasteiger partial charge >= 0.3 is 0 Å². The van der Waals surface area contributed by atoms with Crippen LogP contribution >= 0.6 is 15.9 Å². The minimum Gasteiger partial charge on any atom is -0.394 e. The fraction of sp³-hybridized carbons (Fsp3) is 0.455. The lowest BCUT2D eigenvalue weighted by molar-refractivity contribution is 0.613. The van der Waals surface area contributed by atoms with Gasteiger partial charge in [-0.3, -0.25) is 0 Å². The molecule has 0 unspecified atom stereocenters. The van der Waals surface area contributed by atoms with Crippen LogP contribution in [-0.4, -0.2) is 19.6 Å². The van der Waals surface area contributed by atoms with Gasteiger partial charge in [-0.15, -0.1) is 0 Å². The number of hydrogen-bond donors (Lipinski definition) is 1. The third kappa shape index (κ3) is 1.76. The standard InChI is InChI=1S/C11H16BrN5/c1-5-16-11(10(13)7(3)14-16)17-8(4)9(12)6(2)15-17/h5,13H2,1-4H3. The van der Waals surface area contributed by atoms with Gasteiger partial charge in [-0.1, -0.05) is 0 Å². The van der Waals surface area contributed by atoms with Crippen molar-refractivity contribution in [2.45, 2.75) is 34.2 Å². The summed E-state index contributed by atoms with van der Waals surface area (Å²) in [5.74, 6) is 0.844. The van der Waals surface area contributed by atoms with Crippen LogP contribution in [0.3, 0.4) is 0 Å². The first-order chi connectivity index (χ1) is 7.97. The molecule has 2 N–H and O–H groups in total. The molecule has 0 aromatic carbocycles. The summed E-state index contributed by atoms with van der Waals surface area (Å²) in [6.07, 6.45) is 0. The number of nitrogen functional groups attached to an aromatic ring is 1. The van der Waals surface area contributed by atoms with Gasteiger partial charge in [-0.2, -0.15) is 10.2 Å². The first-order valence-corrected chi connectivity index (χ1v) is 6.31. The van der Waals surface area contributed by atoms with E-state index in [9.17, 15) is 0 Å². The van der Waals surface area contributed by atoms with Crippen LogP contribution in [0, 0.1) is 20.8 Å². The minimum absolute atomic E-state index is 0.685. The first kappa shape index (κ1) is 12.2. The summed E-state index contributed by atoms with van der Waals surface area (Å²) in [4.78, 5) is 0. The second-order valence-electron chi connectivity index (χ2n) is 4.04. The second kappa shape index (κ2) is 4.18. The molecule has 92 valence electrons. The van der Waals surface area contributed by atoms with Crippen molar-refractivity contribution in [2.75, 3.05) is 5.73 Å². The molecule has 0 amide bonds. The monoisotopic (exact) mass is 297 g/mol. The van der Waals surface area contributed by atoms with Crippen molar-refractivity contribution in [3.05, 3.63) is 21.6 Å². The highest BCUT2D eigenvalue weighted by Gasteiger charge is 2.18. The molecule has 0 saturated carbocycles. The van der Waals surface area contributed by atoms with Crippen LogP contribution in [0.25, 0.3) is 5.82 Å². The van der Waals surface area contributed by atoms with Crippen molar-refractivity contribution in [1.82, 2.24) is 19.6 Å². The van der Waals surface area contributed by atoms with Crippen LogP contribution in [0.1, 0.15) is 24.0 Å². The first-order valence-electron chi connectivity index (χ1n) is 5.52. The van der Waals surface area contributed by atoms with E-state index >= 15 is 0 Å². The highest BCUT2D eigenvalue weighted by Crippen LogP contribution is 2.27. The lowest BCUT2D eigenvalue weighted by Gasteiger charge is -2.07. The molecule has 2 aromatic heterocycles. The van der Waals surface area contributed by atoms with Crippen LogP contribution in [0.4, 0.5) is 5.69 Å². The van der Waals surface area contributed by atoms with Gasteiger partial charge in [0.2, 0.25) is 0 Å². The number of aryl methyl sites for hydroxylation is 3. The van der Waals surface area contributed by atoms with E-state index in [1.807, 2.05) is 37.1 Å². The van der Waals surface area contributed by atoms with E-state index in [0.29, 0.717) is 5.69 Å². The van der Waals surface area contributed by atoms with Gasteiger partial charge in [0.25, 0.3) is 0 Å². The Hall–Kier alpha value is -1.30. The number of anilines is 1. The predicted octanol–water partition coefficient (Wildman–Crippen LogP) is 2.36. The van der Waals surface area contributed by atoms with E-state index in [-0.39, 0.29) is 0 Å². The third-order valence-corrected chi connectivity index (χ3v) is 4.00. The van der Waals surface area contributed by atoms with Crippen molar-refractivity contribution in [3.8, 4) is 5.82 Å². The number of halogens is 1. The molecule has 0 fully saturated rings. The maximum Gasteiger partial charge on any atom is 0.175 e. The van der Waals surface area contributed by atoms with Crippen molar-refractivity contribution in [1.29, 1.82) is 0 Å². The average molecular weight is 298 g/mol. The largest absolute Gasteiger partial charge is 0.394 e. The molecule has 0 aliphatic rings. The number of nitrogens with two attached hydrogens (primary N) is 1. The van der Waals surface area contributed by atoms with Gasteiger partial charge in [-0.05, 0) is 43.6 Å². The van der Waals surface area contributed by atoms with Crippen molar-refractivity contribution in [2.24, 2.45) is 0 Å². The predicted molar refractivity (Wildman–Crippen MR) is 71.3 cm³/mol. The SMILES string of the molecule is CCn1nc(C)c(N)c1-n1nc(C)c(Br)c1C. The molecule has 17 heavy (non-hydrogen) atoms. The van der Waals surface area contributed by atoms with Gasteiger partial charge in [0.05, 0.1) is 27.2 Å². The Morgan fingerprint density at radius 1 is 1.18 bits per heavy atom. The zero-order valence-electron chi connectivity index (χ0n) is 10.5. The summed E-state index contributed by atoms with van der Waals surface area (Å²) < 4.78 is 4.73. The molecule has 0 aliphatic carbocycles. The molecule has 5 nitrogen and oxygen atoms in total. The highest BCUT2D eigenvalue weighted by molar-refractivity contribution is 9.10. The summed E-state index contributed by atoms with van der Waals surface area (Å²) in [7, 11) is 0. The minimum atomic E-state index is 0.685. The number of hydrogen-bond acceptors (Lipinski definition) is 3. The van der Waals surface area contributed by atoms with E-state index in [1.165, 1.54) is 0 Å². The zero-order chi connectivity index (χ0) is 12.7. The molecule has 2 aromatic rings. The van der Waals surface area contributed by atoms with Crippen LogP contribution in [0.5, 0.6) is 0 Å². The Bertz CT molecular complexity index is 567. The average Bonchev–Trinajstić information content (AvgIpc) is 2.72. The van der Waals surface area contributed by atoms with Crippen LogP contribution < -0.4 is 5.73 Å². The van der Waals surface area contributed by atoms with Gasteiger partial charge in [0.1, 0.15) is 0 Å². The molecular weight excluding hydrogens is 282 g/mol. The molecule has 0 radical (unpaired) electrons. The summed E-state index contributed by atoms with van der Waals surface area (Å²) in [6, 6.07) is 0. The lowest BCUT2D eigenvalue weighted by Crippen LogP contribution is -2.10. The van der Waals surface area contributed by atoms with Gasteiger partial charge in [0, 0.05) is 6.54 Å². The molecule has 0 aliphatic heterocycles. The molecule has 6 heteroatoms. The van der Waals surface area contributed by atoms with E-state index in [4.69, 9.17) is 5.73 Å². The Morgan fingerprint density at radius 3 is 2.29 bits per heavy atom. The van der Waals surface area contributed by atoms with Crippen LogP contribution in [0.2, 0.25) is 0 Å². The molecule has 0 bridgehead atoms. The van der Waals surface area contributed by atoms with Crippen molar-refractivity contribution < 1.29 is 0 Å². The van der Waals surface area contributed by atoms with E-state index in [0.717, 1.165) is 33.9 Å². The van der Waals surface area contributed by atoms with Crippen molar-refractivity contribution in [3.63, 3.8) is 0 Å². The van der Waals surface area contributed by atoms with Gasteiger partial charge in [0.15, 0.2) is 5.82 Å². The second-order valence-corrected chi connectivity index (χ2v) is 4.83. The summed E-state index contributed by atoms with van der Waals surface area (Å²) in [5.41, 5.74) is 9.58. The molecule has 0 atom stereocenters. The highest BCUT2D eigenvalue weighted by atomic mass is 79.9. The molecule has 0 spiro atoms. The maximum atomic E-state index is 6.08. The van der Waals surface area contributed by atoms with Crippen LogP contribution in [-0.2, 0) is 6.54 Å². The Labute approximate surface area is 109 Å². The van der Waals surface area contributed by atoms with Crippen molar-refractivity contribution >= 4 is 21.6 Å². The lowest BCUT2D eigenvalue weighted by atomic mass is 10.3. The number of aromatic nitrogens is 4. The maximum absolute atomic E-state index is 6.08. The molecule has 0 saturated heterocycles. The molecule has 2 heterocycles. The summed E-state index contributed by atoms with van der Waals surface area (Å²) >= 11 is 3.52. The Morgan fingerprint density at radius 2 is 1.82 bits per heavy atom. The topological polar surface area (TPSA) is 61.7 Å². The van der Waals surface area contributed by atoms with E-state index in [2.05, 4.69) is 26.1 Å². The van der Waals surface area contributed by atoms with E-state index < -0.39 is 0 Å². The van der Waals surface area contributed by atoms with Crippen LogP contribution in [0.15, 0.2) is 4.47 Å². The Balaban J connectivity index is 2.71. The molecular formula is C11H16BrN5. The normalized spacial score (nSPS) is 11.1.